The van der Waals surface area contributed by atoms with Gasteiger partial charge in [-0.05, 0) is 25.8 Å². The third-order valence-corrected chi connectivity index (χ3v) is 3.90. The summed E-state index contributed by atoms with van der Waals surface area (Å²) in [5, 5.41) is 13.1. The second kappa shape index (κ2) is 4.06. The summed E-state index contributed by atoms with van der Waals surface area (Å²) >= 11 is 1.50. The SMILES string of the molecule is CC(C)(CCNC1CC1)c1nnc(N)s1. The highest BCUT2D eigenvalue weighted by Crippen LogP contribution is 2.30. The van der Waals surface area contributed by atoms with Crippen LogP contribution in [0.1, 0.15) is 38.1 Å². The summed E-state index contributed by atoms with van der Waals surface area (Å²) in [5.74, 6) is 0. The van der Waals surface area contributed by atoms with Crippen molar-refractivity contribution in [3.8, 4) is 0 Å². The van der Waals surface area contributed by atoms with E-state index < -0.39 is 0 Å². The maximum absolute atomic E-state index is 5.59. The molecule has 1 aromatic heterocycles. The lowest BCUT2D eigenvalue weighted by molar-refractivity contribution is 0.451. The Hall–Kier alpha value is -0.680. The molecule has 1 fully saturated rings. The van der Waals surface area contributed by atoms with E-state index >= 15 is 0 Å². The van der Waals surface area contributed by atoms with E-state index in [9.17, 15) is 0 Å². The second-order valence-electron chi connectivity index (χ2n) is 4.81. The van der Waals surface area contributed by atoms with Crippen molar-refractivity contribution in [1.82, 2.24) is 15.5 Å². The van der Waals surface area contributed by atoms with Crippen molar-refractivity contribution >= 4 is 16.5 Å². The van der Waals surface area contributed by atoms with Crippen LogP contribution in [0.25, 0.3) is 0 Å². The van der Waals surface area contributed by atoms with Gasteiger partial charge in [-0.3, -0.25) is 0 Å². The topological polar surface area (TPSA) is 63.8 Å². The van der Waals surface area contributed by atoms with Crippen LogP contribution in [0, 0.1) is 0 Å². The Morgan fingerprint density at radius 1 is 1.47 bits per heavy atom. The fourth-order valence-electron chi connectivity index (χ4n) is 1.49. The van der Waals surface area contributed by atoms with E-state index in [1.807, 2.05) is 0 Å². The number of aromatic nitrogens is 2. The van der Waals surface area contributed by atoms with Gasteiger partial charge in [-0.1, -0.05) is 25.2 Å². The highest BCUT2D eigenvalue weighted by atomic mass is 32.1. The molecule has 1 aliphatic carbocycles. The fourth-order valence-corrected chi connectivity index (χ4v) is 2.23. The van der Waals surface area contributed by atoms with E-state index in [0.717, 1.165) is 24.0 Å². The van der Waals surface area contributed by atoms with Crippen molar-refractivity contribution in [3.05, 3.63) is 5.01 Å². The van der Waals surface area contributed by atoms with Crippen LogP contribution in [-0.2, 0) is 5.41 Å². The molecular formula is C10H18N4S. The molecule has 0 spiro atoms. The van der Waals surface area contributed by atoms with Crippen molar-refractivity contribution in [3.63, 3.8) is 0 Å². The number of nitrogens with one attached hydrogen (secondary N) is 1. The molecule has 0 radical (unpaired) electrons. The maximum Gasteiger partial charge on any atom is 0.203 e. The minimum Gasteiger partial charge on any atom is -0.374 e. The molecule has 0 aromatic carbocycles. The minimum atomic E-state index is 0.0805. The zero-order chi connectivity index (χ0) is 10.9. The summed E-state index contributed by atoms with van der Waals surface area (Å²) in [6.07, 6.45) is 3.76. The molecule has 3 N–H and O–H groups in total. The lowest BCUT2D eigenvalue weighted by Crippen LogP contribution is -2.26. The molecule has 1 aliphatic rings. The monoisotopic (exact) mass is 226 g/mol. The number of nitrogens with two attached hydrogens (primary N) is 1. The van der Waals surface area contributed by atoms with Gasteiger partial charge in [-0.15, -0.1) is 10.2 Å². The quantitative estimate of drug-likeness (QED) is 0.799. The number of nitrogen functional groups attached to an aromatic ring is 1. The Morgan fingerprint density at radius 2 is 2.20 bits per heavy atom. The molecule has 1 saturated carbocycles. The van der Waals surface area contributed by atoms with E-state index in [1.165, 1.54) is 24.2 Å². The lowest BCUT2D eigenvalue weighted by Gasteiger charge is -2.21. The predicted octanol–water partition coefficient (Wildman–Crippen LogP) is 1.54. The molecule has 0 atom stereocenters. The Kier molecular flexibility index (Phi) is 2.93. The molecule has 84 valence electrons. The van der Waals surface area contributed by atoms with Crippen LogP contribution in [0.3, 0.4) is 0 Å². The zero-order valence-electron chi connectivity index (χ0n) is 9.29. The number of hydrogen-bond donors (Lipinski definition) is 2. The Balaban J connectivity index is 1.86. The molecule has 0 amide bonds. The first-order valence-electron chi connectivity index (χ1n) is 5.41. The summed E-state index contributed by atoms with van der Waals surface area (Å²) < 4.78 is 0. The normalized spacial score (nSPS) is 16.9. The molecule has 5 heteroatoms. The smallest absolute Gasteiger partial charge is 0.203 e. The van der Waals surface area contributed by atoms with Gasteiger partial charge in [0.15, 0.2) is 0 Å². The summed E-state index contributed by atoms with van der Waals surface area (Å²) in [5.41, 5.74) is 5.67. The van der Waals surface area contributed by atoms with Crippen molar-refractivity contribution in [2.75, 3.05) is 12.3 Å². The van der Waals surface area contributed by atoms with Crippen LogP contribution < -0.4 is 11.1 Å². The second-order valence-corrected chi connectivity index (χ2v) is 5.82. The molecule has 0 unspecified atom stereocenters. The van der Waals surface area contributed by atoms with Crippen LogP contribution >= 0.6 is 11.3 Å². The molecule has 0 aliphatic heterocycles. The van der Waals surface area contributed by atoms with Gasteiger partial charge in [0.1, 0.15) is 5.01 Å². The third kappa shape index (κ3) is 2.89. The Bertz CT molecular complexity index is 330. The molecule has 0 bridgehead atoms. The van der Waals surface area contributed by atoms with Gasteiger partial charge in [0, 0.05) is 11.5 Å². The van der Waals surface area contributed by atoms with Crippen molar-refractivity contribution in [2.45, 2.75) is 44.6 Å². The summed E-state index contributed by atoms with van der Waals surface area (Å²) in [6, 6.07) is 0.778. The third-order valence-electron chi connectivity index (χ3n) is 2.78. The van der Waals surface area contributed by atoms with Gasteiger partial charge in [0.25, 0.3) is 0 Å². The first-order chi connectivity index (χ1) is 7.08. The zero-order valence-corrected chi connectivity index (χ0v) is 10.1. The predicted molar refractivity (Wildman–Crippen MR) is 63.0 cm³/mol. The van der Waals surface area contributed by atoms with E-state index in [2.05, 4.69) is 29.4 Å². The molecule has 1 heterocycles. The van der Waals surface area contributed by atoms with E-state index in [1.54, 1.807) is 0 Å². The van der Waals surface area contributed by atoms with Gasteiger partial charge in [-0.25, -0.2) is 0 Å². The Morgan fingerprint density at radius 3 is 2.73 bits per heavy atom. The van der Waals surface area contributed by atoms with Crippen molar-refractivity contribution < 1.29 is 0 Å². The van der Waals surface area contributed by atoms with Crippen LogP contribution in [-0.4, -0.2) is 22.8 Å². The summed E-state index contributed by atoms with van der Waals surface area (Å²) in [4.78, 5) is 0. The van der Waals surface area contributed by atoms with Gasteiger partial charge < -0.3 is 11.1 Å². The van der Waals surface area contributed by atoms with Gasteiger partial charge in [0.05, 0.1) is 0 Å². The fraction of sp³-hybridized carbons (Fsp3) is 0.800. The molecule has 0 saturated heterocycles. The first kappa shape index (κ1) is 10.8. The molecule has 4 nitrogen and oxygen atoms in total. The average Bonchev–Trinajstić information content (AvgIpc) is 2.86. The van der Waals surface area contributed by atoms with E-state index in [0.29, 0.717) is 5.13 Å². The largest absolute Gasteiger partial charge is 0.374 e. The van der Waals surface area contributed by atoms with Crippen molar-refractivity contribution in [1.29, 1.82) is 0 Å². The number of rotatable bonds is 5. The summed E-state index contributed by atoms with van der Waals surface area (Å²) in [6.45, 7) is 5.44. The van der Waals surface area contributed by atoms with Crippen LogP contribution in [0.5, 0.6) is 0 Å². The first-order valence-corrected chi connectivity index (χ1v) is 6.22. The summed E-state index contributed by atoms with van der Waals surface area (Å²) in [7, 11) is 0. The van der Waals surface area contributed by atoms with Crippen LogP contribution in [0.2, 0.25) is 0 Å². The number of hydrogen-bond acceptors (Lipinski definition) is 5. The standard InChI is InChI=1S/C10H18N4S/c1-10(2,5-6-12-7-3-4-7)8-13-14-9(11)15-8/h7,12H,3-6H2,1-2H3,(H2,11,14). The molecule has 1 aromatic rings. The van der Waals surface area contributed by atoms with Gasteiger partial charge in [0.2, 0.25) is 5.13 Å². The number of anilines is 1. The van der Waals surface area contributed by atoms with Crippen molar-refractivity contribution in [2.24, 2.45) is 0 Å². The van der Waals surface area contributed by atoms with Crippen LogP contribution in [0.15, 0.2) is 0 Å². The Labute approximate surface area is 94.3 Å². The van der Waals surface area contributed by atoms with E-state index in [-0.39, 0.29) is 5.41 Å². The molecule has 15 heavy (non-hydrogen) atoms. The van der Waals surface area contributed by atoms with Gasteiger partial charge >= 0.3 is 0 Å². The van der Waals surface area contributed by atoms with Crippen LogP contribution in [0.4, 0.5) is 5.13 Å². The molecule has 2 rings (SSSR count). The minimum absolute atomic E-state index is 0.0805. The highest BCUT2D eigenvalue weighted by Gasteiger charge is 2.26. The maximum atomic E-state index is 5.59. The van der Waals surface area contributed by atoms with E-state index in [4.69, 9.17) is 5.73 Å². The molecular weight excluding hydrogens is 208 g/mol. The highest BCUT2D eigenvalue weighted by molar-refractivity contribution is 7.15. The number of nitrogens with zero attached hydrogens (tertiary/aromatic N) is 2. The van der Waals surface area contributed by atoms with Gasteiger partial charge in [-0.2, -0.15) is 0 Å². The average molecular weight is 226 g/mol. The lowest BCUT2D eigenvalue weighted by atomic mass is 9.90.